The van der Waals surface area contributed by atoms with Crippen LogP contribution in [-0.4, -0.2) is 26.7 Å². The average Bonchev–Trinajstić information content (AvgIpc) is 2.62. The molecule has 0 bridgehead atoms. The number of ether oxygens (including phenoxy) is 1. The minimum absolute atomic E-state index is 0.271. The van der Waals surface area contributed by atoms with E-state index in [1.165, 1.54) is 0 Å². The number of rotatable bonds is 7. The number of benzene rings is 2. The van der Waals surface area contributed by atoms with Gasteiger partial charge < -0.3 is 15.3 Å². The highest BCUT2D eigenvalue weighted by atomic mass is 16.5. The van der Waals surface area contributed by atoms with Gasteiger partial charge in [-0.1, -0.05) is 29.8 Å². The summed E-state index contributed by atoms with van der Waals surface area (Å²) < 4.78 is 5.35. The average molecular weight is 322 g/mol. The van der Waals surface area contributed by atoms with Gasteiger partial charge in [0.05, 0.1) is 12.8 Å². The van der Waals surface area contributed by atoms with Gasteiger partial charge in [-0.3, -0.25) is 4.99 Å². The van der Waals surface area contributed by atoms with Gasteiger partial charge in [-0.05, 0) is 48.6 Å². The molecule has 4 nitrogen and oxygen atoms in total. The summed E-state index contributed by atoms with van der Waals surface area (Å²) >= 11 is 0. The van der Waals surface area contributed by atoms with Crippen LogP contribution in [0.25, 0.3) is 5.57 Å². The van der Waals surface area contributed by atoms with E-state index in [2.05, 4.69) is 11.7 Å². The third-order valence-corrected chi connectivity index (χ3v) is 3.91. The molecule has 2 rings (SSSR count). The first-order valence-corrected chi connectivity index (χ1v) is 7.72. The lowest BCUT2D eigenvalue weighted by Gasteiger charge is -2.17. The molecule has 0 aliphatic heterocycles. The van der Waals surface area contributed by atoms with Crippen molar-refractivity contribution in [3.8, 4) is 5.75 Å². The lowest BCUT2D eigenvalue weighted by molar-refractivity contribution is -0.107. The molecule has 0 saturated carbocycles. The smallest absolute Gasteiger partial charge is 0.124 e. The molecule has 0 amide bonds. The Hall–Kier alpha value is -2.72. The molecule has 24 heavy (non-hydrogen) atoms. The maximum Gasteiger partial charge on any atom is 0.124 e. The van der Waals surface area contributed by atoms with Gasteiger partial charge in [0.25, 0.3) is 0 Å². The van der Waals surface area contributed by atoms with E-state index < -0.39 is 0 Å². The van der Waals surface area contributed by atoms with E-state index in [-0.39, 0.29) is 13.0 Å². The van der Waals surface area contributed by atoms with Crippen LogP contribution in [0.4, 0.5) is 5.69 Å². The number of carbonyl (C=O) groups excluding carboxylic acids is 1. The van der Waals surface area contributed by atoms with Gasteiger partial charge in [0.2, 0.25) is 0 Å². The van der Waals surface area contributed by atoms with E-state index in [0.717, 1.165) is 39.8 Å². The number of aldehydes is 1. The molecule has 2 N–H and O–H groups in total. The zero-order valence-corrected chi connectivity index (χ0v) is 14.1. The Labute approximate surface area is 142 Å². The Morgan fingerprint density at radius 2 is 1.96 bits per heavy atom. The Morgan fingerprint density at radius 3 is 2.50 bits per heavy atom. The Bertz CT molecular complexity index is 762. The predicted molar refractivity (Wildman–Crippen MR) is 99.1 cm³/mol. The van der Waals surface area contributed by atoms with Gasteiger partial charge in [0, 0.05) is 18.5 Å². The molecule has 0 aliphatic carbocycles. The van der Waals surface area contributed by atoms with E-state index in [1.54, 1.807) is 7.11 Å². The highest BCUT2D eigenvalue weighted by molar-refractivity contribution is 5.89. The monoisotopic (exact) mass is 322 g/mol. The van der Waals surface area contributed by atoms with Gasteiger partial charge in [-0.25, -0.2) is 0 Å². The van der Waals surface area contributed by atoms with Crippen molar-refractivity contribution in [2.24, 2.45) is 10.7 Å². The maximum absolute atomic E-state index is 11.1. The summed E-state index contributed by atoms with van der Waals surface area (Å²) in [6.07, 6.45) is 1.14. The van der Waals surface area contributed by atoms with E-state index in [0.29, 0.717) is 5.75 Å². The van der Waals surface area contributed by atoms with Crippen molar-refractivity contribution in [3.05, 3.63) is 64.7 Å². The summed E-state index contributed by atoms with van der Waals surface area (Å²) in [7, 11) is 1.62. The molecule has 0 fully saturated rings. The molecular weight excluding hydrogens is 300 g/mol. The Morgan fingerprint density at radius 1 is 1.25 bits per heavy atom. The molecule has 4 heteroatoms. The SMILES string of the molecule is C=Nc1ccc(OC)cc1/C(=C(/CN)CC=O)c1ccc(C)cc1. The number of carbonyl (C=O) groups is 1. The first kappa shape index (κ1) is 17.6. The van der Waals surface area contributed by atoms with Crippen LogP contribution in [0.5, 0.6) is 5.75 Å². The molecule has 0 heterocycles. The van der Waals surface area contributed by atoms with Crippen molar-refractivity contribution in [1.82, 2.24) is 0 Å². The lowest BCUT2D eigenvalue weighted by Crippen LogP contribution is -2.08. The number of aliphatic imine (C=N–C) groups is 1. The maximum atomic E-state index is 11.1. The van der Waals surface area contributed by atoms with Gasteiger partial charge in [-0.15, -0.1) is 0 Å². The predicted octanol–water partition coefficient (Wildman–Crippen LogP) is 3.69. The number of nitrogens with two attached hydrogens (primary N) is 1. The van der Waals surface area contributed by atoms with Crippen molar-refractivity contribution in [1.29, 1.82) is 0 Å². The van der Waals surface area contributed by atoms with E-state index in [9.17, 15) is 4.79 Å². The summed E-state index contributed by atoms with van der Waals surface area (Å²) in [5, 5.41) is 0. The zero-order chi connectivity index (χ0) is 17.5. The summed E-state index contributed by atoms with van der Waals surface area (Å²) in [5.41, 5.74) is 11.4. The molecule has 0 radical (unpaired) electrons. The number of hydrogen-bond donors (Lipinski definition) is 1. The van der Waals surface area contributed by atoms with Crippen LogP contribution < -0.4 is 10.5 Å². The quantitative estimate of drug-likeness (QED) is 0.624. The highest BCUT2D eigenvalue weighted by Crippen LogP contribution is 2.36. The summed E-state index contributed by atoms with van der Waals surface area (Å²) in [6.45, 7) is 5.97. The van der Waals surface area contributed by atoms with Gasteiger partial charge in [-0.2, -0.15) is 0 Å². The normalized spacial score (nSPS) is 11.6. The Kier molecular flexibility index (Phi) is 6.04. The second-order valence-electron chi connectivity index (χ2n) is 5.46. The fraction of sp³-hybridized carbons (Fsp3) is 0.200. The number of methoxy groups -OCH3 is 1. The van der Waals surface area contributed by atoms with Crippen LogP contribution in [0.2, 0.25) is 0 Å². The third-order valence-electron chi connectivity index (χ3n) is 3.91. The summed E-state index contributed by atoms with van der Waals surface area (Å²) in [4.78, 5) is 15.2. The van der Waals surface area contributed by atoms with Crippen molar-refractivity contribution in [3.63, 3.8) is 0 Å². The van der Waals surface area contributed by atoms with Crippen molar-refractivity contribution in [2.75, 3.05) is 13.7 Å². The highest BCUT2D eigenvalue weighted by Gasteiger charge is 2.15. The molecule has 2 aromatic carbocycles. The molecule has 2 aromatic rings. The van der Waals surface area contributed by atoms with Gasteiger partial charge in [0.1, 0.15) is 12.0 Å². The topological polar surface area (TPSA) is 64.7 Å². The third kappa shape index (κ3) is 3.78. The van der Waals surface area contributed by atoms with Gasteiger partial charge in [0.15, 0.2) is 0 Å². The van der Waals surface area contributed by atoms with Crippen LogP contribution in [0, 0.1) is 6.92 Å². The van der Waals surface area contributed by atoms with E-state index in [1.807, 2.05) is 49.4 Å². The van der Waals surface area contributed by atoms with E-state index >= 15 is 0 Å². The molecule has 0 saturated heterocycles. The lowest BCUT2D eigenvalue weighted by atomic mass is 9.90. The van der Waals surface area contributed by atoms with Crippen molar-refractivity contribution < 1.29 is 9.53 Å². The standard InChI is InChI=1S/C20H22N2O2/c1-14-4-6-15(7-5-14)20(16(13-21)10-11-23)18-12-17(24-3)8-9-19(18)22-2/h4-9,11-12H,2,10,13,21H2,1,3H3/b20-16+. The first-order chi connectivity index (χ1) is 11.6. The fourth-order valence-corrected chi connectivity index (χ4v) is 2.64. The summed E-state index contributed by atoms with van der Waals surface area (Å²) in [5.74, 6) is 0.712. The summed E-state index contributed by atoms with van der Waals surface area (Å²) in [6, 6.07) is 13.7. The van der Waals surface area contributed by atoms with Crippen molar-refractivity contribution >= 4 is 24.3 Å². The van der Waals surface area contributed by atoms with Gasteiger partial charge >= 0.3 is 0 Å². The molecular formula is C20H22N2O2. The molecule has 124 valence electrons. The van der Waals surface area contributed by atoms with Crippen LogP contribution in [0.15, 0.2) is 53.0 Å². The second kappa shape index (κ2) is 8.22. The molecule has 0 aromatic heterocycles. The van der Waals surface area contributed by atoms with Crippen molar-refractivity contribution in [2.45, 2.75) is 13.3 Å². The van der Waals surface area contributed by atoms with E-state index in [4.69, 9.17) is 10.5 Å². The second-order valence-corrected chi connectivity index (χ2v) is 5.46. The largest absolute Gasteiger partial charge is 0.497 e. The molecule has 0 atom stereocenters. The minimum atomic E-state index is 0.271. The molecule has 0 unspecified atom stereocenters. The van der Waals surface area contributed by atoms with Crippen LogP contribution in [0.3, 0.4) is 0 Å². The zero-order valence-electron chi connectivity index (χ0n) is 14.1. The van der Waals surface area contributed by atoms with Crippen LogP contribution in [-0.2, 0) is 4.79 Å². The van der Waals surface area contributed by atoms with Crippen LogP contribution in [0.1, 0.15) is 23.1 Å². The number of nitrogens with zero attached hydrogens (tertiary/aromatic N) is 1. The number of aryl methyl sites for hydroxylation is 1. The number of hydrogen-bond acceptors (Lipinski definition) is 4. The Balaban J connectivity index is 2.77. The van der Waals surface area contributed by atoms with Crippen LogP contribution >= 0.6 is 0 Å². The molecule has 0 aliphatic rings. The fourth-order valence-electron chi connectivity index (χ4n) is 2.64. The minimum Gasteiger partial charge on any atom is -0.497 e. The first-order valence-electron chi connectivity index (χ1n) is 7.72. The molecule has 0 spiro atoms.